The number of likely N-dealkylation sites (tertiary alicyclic amines) is 1. The van der Waals surface area contributed by atoms with E-state index in [1.807, 2.05) is 6.07 Å². The highest BCUT2D eigenvalue weighted by atomic mass is 19.4. The van der Waals surface area contributed by atoms with Crippen molar-refractivity contribution in [2.45, 2.75) is 12.7 Å². The number of halogens is 3. The summed E-state index contributed by atoms with van der Waals surface area (Å²) in [5.74, 6) is -1.68. The molecule has 2 saturated heterocycles. The summed E-state index contributed by atoms with van der Waals surface area (Å²) in [6, 6.07) is 10.5. The number of amides is 1. The van der Waals surface area contributed by atoms with Crippen LogP contribution in [0.2, 0.25) is 0 Å². The van der Waals surface area contributed by atoms with Gasteiger partial charge in [-0.3, -0.25) is 14.7 Å². The number of alkyl halides is 3. The van der Waals surface area contributed by atoms with Crippen molar-refractivity contribution in [1.29, 1.82) is 0 Å². The molecule has 0 spiro atoms. The molecule has 1 amide bonds. The van der Waals surface area contributed by atoms with Crippen molar-refractivity contribution in [2.75, 3.05) is 31.6 Å². The van der Waals surface area contributed by atoms with Crippen LogP contribution in [-0.2, 0) is 20.9 Å². The number of hydrogen-bond acceptors (Lipinski definition) is 6. The van der Waals surface area contributed by atoms with Crippen LogP contribution in [0.3, 0.4) is 0 Å². The molecule has 0 unspecified atom stereocenters. The van der Waals surface area contributed by atoms with Gasteiger partial charge in [-0.2, -0.15) is 13.2 Å². The Morgan fingerprint density at radius 1 is 1.16 bits per heavy atom. The fraction of sp³-hybridized carbons (Fsp3) is 0.429. The molecule has 8 nitrogen and oxygen atoms in total. The number of hydrogen-bond donors (Lipinski definition) is 2. The van der Waals surface area contributed by atoms with E-state index >= 15 is 0 Å². The molecule has 0 aliphatic carbocycles. The largest absolute Gasteiger partial charge is 0.490 e. The van der Waals surface area contributed by atoms with Gasteiger partial charge < -0.3 is 15.2 Å². The lowest BCUT2D eigenvalue weighted by molar-refractivity contribution is -0.192. The van der Waals surface area contributed by atoms with Crippen LogP contribution in [-0.4, -0.2) is 64.3 Å². The van der Waals surface area contributed by atoms with Gasteiger partial charge in [0.2, 0.25) is 5.91 Å². The van der Waals surface area contributed by atoms with Crippen LogP contribution in [0.5, 0.6) is 0 Å². The molecule has 0 saturated carbocycles. The van der Waals surface area contributed by atoms with E-state index in [4.69, 9.17) is 14.6 Å². The number of ether oxygens (including phenoxy) is 1. The number of nitrogens with one attached hydrogen (secondary N) is 1. The summed E-state index contributed by atoms with van der Waals surface area (Å²) < 4.78 is 37.5. The van der Waals surface area contributed by atoms with Gasteiger partial charge in [0.15, 0.2) is 5.82 Å². The lowest BCUT2D eigenvalue weighted by Gasteiger charge is -2.31. The summed E-state index contributed by atoms with van der Waals surface area (Å²) in [5.41, 5.74) is 1.31. The molecule has 1 aromatic heterocycles. The van der Waals surface area contributed by atoms with Crippen LogP contribution in [0.15, 0.2) is 48.9 Å². The van der Waals surface area contributed by atoms with Gasteiger partial charge in [-0.25, -0.2) is 9.78 Å². The van der Waals surface area contributed by atoms with Gasteiger partial charge in [0.1, 0.15) is 0 Å². The molecule has 11 heteroatoms. The lowest BCUT2D eigenvalue weighted by atomic mass is 9.82. The van der Waals surface area contributed by atoms with E-state index in [1.165, 1.54) is 5.56 Å². The molecule has 2 aliphatic rings. The number of carboxylic acids is 1. The number of anilines is 1. The van der Waals surface area contributed by atoms with E-state index in [0.29, 0.717) is 24.3 Å². The molecule has 172 valence electrons. The van der Waals surface area contributed by atoms with Gasteiger partial charge in [-0.1, -0.05) is 30.3 Å². The second-order valence-corrected chi connectivity index (χ2v) is 7.63. The minimum Gasteiger partial charge on any atom is -0.475 e. The van der Waals surface area contributed by atoms with Gasteiger partial charge in [0.05, 0.1) is 25.3 Å². The number of carbonyl (C=O) groups is 2. The Balaban J connectivity index is 0.000000360. The Morgan fingerprint density at radius 2 is 1.88 bits per heavy atom. The van der Waals surface area contributed by atoms with Crippen molar-refractivity contribution >= 4 is 17.7 Å². The summed E-state index contributed by atoms with van der Waals surface area (Å²) in [5, 5.41) is 10.0. The minimum absolute atomic E-state index is 0.0169. The molecule has 2 N–H and O–H groups in total. The highest BCUT2D eigenvalue weighted by molar-refractivity contribution is 5.92. The Hall–Kier alpha value is -3.05. The number of nitrogens with zero attached hydrogens (tertiary/aromatic N) is 3. The predicted molar refractivity (Wildman–Crippen MR) is 107 cm³/mol. The average Bonchev–Trinajstić information content (AvgIpc) is 3.17. The van der Waals surface area contributed by atoms with Gasteiger partial charge in [0.25, 0.3) is 0 Å². The Labute approximate surface area is 182 Å². The van der Waals surface area contributed by atoms with Crippen LogP contribution >= 0.6 is 0 Å². The number of carbonyl (C=O) groups excluding carboxylic acids is 1. The van der Waals surface area contributed by atoms with Gasteiger partial charge in [-0.05, 0) is 17.4 Å². The minimum atomic E-state index is -5.08. The van der Waals surface area contributed by atoms with E-state index in [9.17, 15) is 18.0 Å². The molecule has 2 fully saturated rings. The molecule has 3 heterocycles. The highest BCUT2D eigenvalue weighted by Gasteiger charge is 2.44. The molecule has 2 aromatic rings. The number of benzene rings is 1. The summed E-state index contributed by atoms with van der Waals surface area (Å²) >= 11 is 0. The maximum atomic E-state index is 12.7. The second-order valence-electron chi connectivity index (χ2n) is 7.63. The smallest absolute Gasteiger partial charge is 0.475 e. The molecule has 2 aliphatic heterocycles. The quantitative estimate of drug-likeness (QED) is 0.734. The average molecular weight is 452 g/mol. The van der Waals surface area contributed by atoms with Crippen LogP contribution in [0.25, 0.3) is 0 Å². The zero-order chi connectivity index (χ0) is 23.1. The number of fused-ring (bicyclic) bond motifs is 1. The van der Waals surface area contributed by atoms with Crippen molar-refractivity contribution < 1.29 is 32.6 Å². The summed E-state index contributed by atoms with van der Waals surface area (Å²) in [7, 11) is 0. The van der Waals surface area contributed by atoms with E-state index in [-0.39, 0.29) is 11.8 Å². The number of aromatic nitrogens is 2. The third kappa shape index (κ3) is 6.47. The maximum Gasteiger partial charge on any atom is 0.490 e. The second kappa shape index (κ2) is 10.5. The van der Waals surface area contributed by atoms with E-state index in [0.717, 1.165) is 26.2 Å². The van der Waals surface area contributed by atoms with Crippen molar-refractivity contribution in [3.63, 3.8) is 0 Å². The fourth-order valence-electron chi connectivity index (χ4n) is 3.91. The van der Waals surface area contributed by atoms with Gasteiger partial charge in [0, 0.05) is 32.0 Å². The SMILES string of the molecule is O=C(Nc1cnccn1)[C@H]1COC[C@H]2CN(Cc3ccccc3)C[C@H]21.O=C(O)C(F)(F)F. The van der Waals surface area contributed by atoms with E-state index in [2.05, 4.69) is 44.5 Å². The van der Waals surface area contributed by atoms with Crippen LogP contribution in [0.1, 0.15) is 5.56 Å². The van der Waals surface area contributed by atoms with Crippen LogP contribution in [0.4, 0.5) is 19.0 Å². The number of aliphatic carboxylic acids is 1. The molecule has 0 radical (unpaired) electrons. The van der Waals surface area contributed by atoms with E-state index < -0.39 is 12.1 Å². The summed E-state index contributed by atoms with van der Waals surface area (Å²) in [6.07, 6.45) is -0.351. The van der Waals surface area contributed by atoms with E-state index in [1.54, 1.807) is 18.6 Å². The van der Waals surface area contributed by atoms with Gasteiger partial charge >= 0.3 is 12.1 Å². The molecular weight excluding hydrogens is 429 g/mol. The molecular formula is C21H23F3N4O4. The monoisotopic (exact) mass is 452 g/mol. The zero-order valence-electron chi connectivity index (χ0n) is 17.0. The van der Waals surface area contributed by atoms with Crippen molar-refractivity contribution in [1.82, 2.24) is 14.9 Å². The van der Waals surface area contributed by atoms with Crippen molar-refractivity contribution in [3.05, 3.63) is 54.5 Å². The Kier molecular flexibility index (Phi) is 7.75. The number of carboxylic acid groups (broad SMARTS) is 1. The van der Waals surface area contributed by atoms with Gasteiger partial charge in [-0.15, -0.1) is 0 Å². The molecule has 0 bridgehead atoms. The summed E-state index contributed by atoms with van der Waals surface area (Å²) in [4.78, 5) is 32.1. The molecule has 1 aromatic carbocycles. The highest BCUT2D eigenvalue weighted by Crippen LogP contribution is 2.35. The first-order chi connectivity index (χ1) is 15.2. The Morgan fingerprint density at radius 3 is 2.50 bits per heavy atom. The molecule has 3 atom stereocenters. The van der Waals surface area contributed by atoms with Crippen LogP contribution < -0.4 is 5.32 Å². The Bertz CT molecular complexity index is 899. The first-order valence-corrected chi connectivity index (χ1v) is 9.95. The third-order valence-electron chi connectivity index (χ3n) is 5.36. The standard InChI is InChI=1S/C19H22N4O2.C2HF3O2/c24-19(22-18-8-20-6-7-21-18)17-13-25-12-15-10-23(11-16(15)17)9-14-4-2-1-3-5-14;3-2(4,5)1(6)7/h1-8,15-17H,9-13H2,(H,21,22,24);(H,6,7)/t15-,16-,17+;/m1./s1. The zero-order valence-corrected chi connectivity index (χ0v) is 17.0. The van der Waals surface area contributed by atoms with Crippen molar-refractivity contribution in [2.24, 2.45) is 17.8 Å². The third-order valence-corrected chi connectivity index (χ3v) is 5.36. The lowest BCUT2D eigenvalue weighted by Crippen LogP contribution is -2.42. The summed E-state index contributed by atoms with van der Waals surface area (Å²) in [6.45, 7) is 4.06. The van der Waals surface area contributed by atoms with Crippen molar-refractivity contribution in [3.8, 4) is 0 Å². The normalized spacial score (nSPS) is 22.9. The number of rotatable bonds is 4. The predicted octanol–water partition coefficient (Wildman–Crippen LogP) is 2.44. The molecule has 4 rings (SSSR count). The van der Waals surface area contributed by atoms with Crippen LogP contribution in [0, 0.1) is 17.8 Å². The fourth-order valence-corrected chi connectivity index (χ4v) is 3.91. The maximum absolute atomic E-state index is 12.7. The first kappa shape index (κ1) is 23.6. The first-order valence-electron chi connectivity index (χ1n) is 9.95. The molecule has 32 heavy (non-hydrogen) atoms. The topological polar surface area (TPSA) is 105 Å².